The molecular weight excluding hydrogens is 230 g/mol. The molecule has 0 amide bonds. The van der Waals surface area contributed by atoms with E-state index < -0.39 is 0 Å². The highest BCUT2D eigenvalue weighted by molar-refractivity contribution is 7.98. The van der Waals surface area contributed by atoms with Gasteiger partial charge >= 0.3 is 0 Å². The first-order valence-corrected chi connectivity index (χ1v) is 7.01. The van der Waals surface area contributed by atoms with Crippen LogP contribution in [0.4, 0.5) is 0 Å². The van der Waals surface area contributed by atoms with Gasteiger partial charge in [-0.15, -0.1) is 11.8 Å². The van der Waals surface area contributed by atoms with Crippen LogP contribution in [-0.4, -0.2) is 25.4 Å². The molecule has 2 nitrogen and oxygen atoms in total. The summed E-state index contributed by atoms with van der Waals surface area (Å²) in [7, 11) is 0. The lowest BCUT2D eigenvalue weighted by molar-refractivity contribution is 0.339. The van der Waals surface area contributed by atoms with E-state index in [1.165, 1.54) is 0 Å². The van der Waals surface area contributed by atoms with Gasteiger partial charge in [0.15, 0.2) is 0 Å². The Labute approximate surface area is 108 Å². The van der Waals surface area contributed by atoms with Crippen LogP contribution in [0.3, 0.4) is 0 Å². The third-order valence-corrected chi connectivity index (χ3v) is 3.04. The minimum atomic E-state index is 0.477. The third kappa shape index (κ3) is 5.29. The van der Waals surface area contributed by atoms with Gasteiger partial charge in [-0.05, 0) is 24.0 Å². The van der Waals surface area contributed by atoms with Gasteiger partial charge in [-0.1, -0.05) is 32.6 Å². The standard InChI is InChI=1S/C14H21NOS/c1-11(2)15-9-12(3)10-16-13-7-5-6-8-14(13)17-4/h5-8,11,15H,3,9-10H2,1-2,4H3. The van der Waals surface area contributed by atoms with E-state index in [9.17, 15) is 0 Å². The van der Waals surface area contributed by atoms with Gasteiger partial charge in [0.2, 0.25) is 0 Å². The number of benzene rings is 1. The topological polar surface area (TPSA) is 21.3 Å². The summed E-state index contributed by atoms with van der Waals surface area (Å²) in [5.74, 6) is 0.936. The van der Waals surface area contributed by atoms with Crippen LogP contribution in [0.25, 0.3) is 0 Å². The van der Waals surface area contributed by atoms with Crippen molar-refractivity contribution in [1.29, 1.82) is 0 Å². The van der Waals surface area contributed by atoms with Gasteiger partial charge in [0.05, 0.1) is 0 Å². The van der Waals surface area contributed by atoms with Gasteiger partial charge in [-0.3, -0.25) is 0 Å². The Morgan fingerprint density at radius 2 is 2.12 bits per heavy atom. The number of thioether (sulfide) groups is 1. The third-order valence-electron chi connectivity index (χ3n) is 2.26. The van der Waals surface area contributed by atoms with E-state index in [0.717, 1.165) is 22.8 Å². The largest absolute Gasteiger partial charge is 0.488 e. The van der Waals surface area contributed by atoms with Gasteiger partial charge in [-0.25, -0.2) is 0 Å². The van der Waals surface area contributed by atoms with E-state index in [0.29, 0.717) is 12.6 Å². The molecule has 94 valence electrons. The zero-order valence-electron chi connectivity index (χ0n) is 10.8. The highest BCUT2D eigenvalue weighted by Crippen LogP contribution is 2.26. The van der Waals surface area contributed by atoms with Crippen LogP contribution >= 0.6 is 11.8 Å². The lowest BCUT2D eigenvalue weighted by Crippen LogP contribution is -2.26. The summed E-state index contributed by atoms with van der Waals surface area (Å²) in [6, 6.07) is 8.55. The molecule has 1 aromatic rings. The maximum absolute atomic E-state index is 5.76. The van der Waals surface area contributed by atoms with Crippen molar-refractivity contribution < 1.29 is 4.74 Å². The van der Waals surface area contributed by atoms with Crippen molar-refractivity contribution in [3.63, 3.8) is 0 Å². The number of hydrogen-bond acceptors (Lipinski definition) is 3. The first-order chi connectivity index (χ1) is 8.13. The Bertz CT molecular complexity index is 363. The maximum Gasteiger partial charge on any atom is 0.133 e. The monoisotopic (exact) mass is 251 g/mol. The summed E-state index contributed by atoms with van der Waals surface area (Å²) in [5, 5.41) is 3.33. The zero-order chi connectivity index (χ0) is 12.7. The fraction of sp³-hybridized carbons (Fsp3) is 0.429. The first-order valence-electron chi connectivity index (χ1n) is 5.79. The van der Waals surface area contributed by atoms with Crippen LogP contribution in [0, 0.1) is 0 Å². The molecule has 0 unspecified atom stereocenters. The highest BCUT2D eigenvalue weighted by atomic mass is 32.2. The Hall–Kier alpha value is -0.930. The normalized spacial score (nSPS) is 10.6. The predicted molar refractivity (Wildman–Crippen MR) is 76.0 cm³/mol. The van der Waals surface area contributed by atoms with E-state index >= 15 is 0 Å². The number of ether oxygens (including phenoxy) is 1. The molecule has 17 heavy (non-hydrogen) atoms. The molecule has 0 atom stereocenters. The van der Waals surface area contributed by atoms with Gasteiger partial charge < -0.3 is 10.1 Å². The highest BCUT2D eigenvalue weighted by Gasteiger charge is 2.02. The summed E-state index contributed by atoms with van der Waals surface area (Å²) >= 11 is 1.70. The van der Waals surface area contributed by atoms with E-state index in [4.69, 9.17) is 4.74 Å². The molecule has 0 aliphatic heterocycles. The molecule has 1 N–H and O–H groups in total. The van der Waals surface area contributed by atoms with Gasteiger partial charge in [0.1, 0.15) is 12.4 Å². The fourth-order valence-electron chi connectivity index (χ4n) is 1.32. The molecule has 0 aromatic heterocycles. The number of rotatable bonds is 7. The summed E-state index contributed by atoms with van der Waals surface area (Å²) in [4.78, 5) is 1.16. The van der Waals surface area contributed by atoms with Crippen LogP contribution in [-0.2, 0) is 0 Å². The summed E-state index contributed by atoms with van der Waals surface area (Å²) < 4.78 is 5.76. The second-order valence-electron chi connectivity index (χ2n) is 4.23. The van der Waals surface area contributed by atoms with Crippen molar-refractivity contribution in [1.82, 2.24) is 5.32 Å². The molecule has 3 heteroatoms. The average molecular weight is 251 g/mol. The van der Waals surface area contributed by atoms with Crippen molar-refractivity contribution in [2.75, 3.05) is 19.4 Å². The molecule has 0 spiro atoms. The molecule has 1 rings (SSSR count). The van der Waals surface area contributed by atoms with Crippen molar-refractivity contribution in [2.24, 2.45) is 0 Å². The minimum Gasteiger partial charge on any atom is -0.488 e. The maximum atomic E-state index is 5.76. The summed E-state index contributed by atoms with van der Waals surface area (Å²) in [6.07, 6.45) is 2.05. The molecule has 0 saturated carbocycles. The first kappa shape index (κ1) is 14.1. The van der Waals surface area contributed by atoms with Crippen molar-refractivity contribution in [2.45, 2.75) is 24.8 Å². The average Bonchev–Trinajstić information content (AvgIpc) is 2.34. The molecule has 0 radical (unpaired) electrons. The van der Waals surface area contributed by atoms with Crippen molar-refractivity contribution >= 4 is 11.8 Å². The van der Waals surface area contributed by atoms with Crippen LogP contribution in [0.5, 0.6) is 5.75 Å². The minimum absolute atomic E-state index is 0.477. The molecule has 0 aliphatic carbocycles. The fourth-order valence-corrected chi connectivity index (χ4v) is 1.86. The zero-order valence-corrected chi connectivity index (χ0v) is 11.6. The molecule has 0 saturated heterocycles. The Kier molecular flexibility index (Phi) is 6.16. The van der Waals surface area contributed by atoms with Crippen LogP contribution in [0.1, 0.15) is 13.8 Å². The van der Waals surface area contributed by atoms with E-state index in [-0.39, 0.29) is 0 Å². The quantitative estimate of drug-likeness (QED) is 0.593. The van der Waals surface area contributed by atoms with Gasteiger partial charge in [-0.2, -0.15) is 0 Å². The Balaban J connectivity index is 2.42. The summed E-state index contributed by atoms with van der Waals surface area (Å²) in [5.41, 5.74) is 1.06. The van der Waals surface area contributed by atoms with Crippen LogP contribution in [0.15, 0.2) is 41.3 Å². The number of nitrogens with one attached hydrogen (secondary N) is 1. The molecule has 0 fully saturated rings. The predicted octanol–water partition coefficient (Wildman–Crippen LogP) is 3.34. The SMILES string of the molecule is C=C(CNC(C)C)COc1ccccc1SC. The van der Waals surface area contributed by atoms with Crippen molar-refractivity contribution in [3.05, 3.63) is 36.4 Å². The van der Waals surface area contributed by atoms with E-state index in [1.54, 1.807) is 11.8 Å². The second-order valence-corrected chi connectivity index (χ2v) is 5.07. The number of hydrogen-bond donors (Lipinski definition) is 1. The van der Waals surface area contributed by atoms with E-state index in [2.05, 4.69) is 38.1 Å². The summed E-state index contributed by atoms with van der Waals surface area (Å²) in [6.45, 7) is 9.62. The van der Waals surface area contributed by atoms with Crippen LogP contribution < -0.4 is 10.1 Å². The van der Waals surface area contributed by atoms with Crippen molar-refractivity contribution in [3.8, 4) is 5.75 Å². The molecule has 0 heterocycles. The van der Waals surface area contributed by atoms with Gasteiger partial charge in [0.25, 0.3) is 0 Å². The molecule has 0 bridgehead atoms. The Morgan fingerprint density at radius 1 is 1.41 bits per heavy atom. The Morgan fingerprint density at radius 3 is 2.76 bits per heavy atom. The van der Waals surface area contributed by atoms with Gasteiger partial charge in [0, 0.05) is 17.5 Å². The van der Waals surface area contributed by atoms with Crippen LogP contribution in [0.2, 0.25) is 0 Å². The molecule has 1 aromatic carbocycles. The second kappa shape index (κ2) is 7.41. The number of para-hydroxylation sites is 1. The molecular formula is C14H21NOS. The lowest BCUT2D eigenvalue weighted by atomic mass is 10.3. The molecule has 0 aliphatic rings. The lowest BCUT2D eigenvalue weighted by Gasteiger charge is -2.13. The smallest absolute Gasteiger partial charge is 0.133 e. The van der Waals surface area contributed by atoms with E-state index in [1.807, 2.05) is 18.2 Å².